The lowest BCUT2D eigenvalue weighted by Gasteiger charge is -1.99. The second-order valence-electron chi connectivity index (χ2n) is 2.36. The summed E-state index contributed by atoms with van der Waals surface area (Å²) in [6.45, 7) is 11.6. The van der Waals surface area contributed by atoms with E-state index in [2.05, 4.69) is 27.0 Å². The van der Waals surface area contributed by atoms with Crippen LogP contribution in [0.3, 0.4) is 0 Å². The van der Waals surface area contributed by atoms with E-state index >= 15 is 0 Å². The summed E-state index contributed by atoms with van der Waals surface area (Å²) in [7, 11) is 0. The van der Waals surface area contributed by atoms with Crippen molar-refractivity contribution < 1.29 is 0 Å². The quantitative estimate of drug-likeness (QED) is 0.534. The molecule has 0 amide bonds. The first-order valence-electron chi connectivity index (χ1n) is 3.87. The van der Waals surface area contributed by atoms with Gasteiger partial charge in [0.25, 0.3) is 0 Å². The van der Waals surface area contributed by atoms with Gasteiger partial charge in [0.2, 0.25) is 0 Å². The molecule has 0 fully saturated rings. The Bertz CT molecular complexity index is 192. The van der Waals surface area contributed by atoms with Crippen LogP contribution in [-0.2, 0) is 0 Å². The number of allylic oxidation sites excluding steroid dienone is 6. The van der Waals surface area contributed by atoms with Crippen LogP contribution in [-0.4, -0.2) is 0 Å². The molecule has 0 unspecified atom stereocenters. The van der Waals surface area contributed by atoms with Crippen LogP contribution in [0.15, 0.2) is 48.6 Å². The van der Waals surface area contributed by atoms with Gasteiger partial charge < -0.3 is 0 Å². The molecule has 0 radical (unpaired) electrons. The van der Waals surface area contributed by atoms with Crippen molar-refractivity contribution in [2.75, 3.05) is 0 Å². The zero-order valence-corrected chi connectivity index (χ0v) is 7.43. The van der Waals surface area contributed by atoms with Gasteiger partial charge in [0.15, 0.2) is 0 Å². The zero-order valence-electron chi connectivity index (χ0n) is 7.43. The van der Waals surface area contributed by atoms with Crippen LogP contribution in [0.5, 0.6) is 0 Å². The maximum Gasteiger partial charge on any atom is -0.0305 e. The molecule has 0 nitrogen and oxygen atoms in total. The Morgan fingerprint density at radius 1 is 1.36 bits per heavy atom. The predicted octanol–water partition coefficient (Wildman–Crippen LogP) is 3.64. The molecule has 0 saturated carbocycles. The van der Waals surface area contributed by atoms with Crippen molar-refractivity contribution in [1.29, 1.82) is 0 Å². The highest BCUT2D eigenvalue weighted by molar-refractivity contribution is 5.31. The van der Waals surface area contributed by atoms with Crippen molar-refractivity contribution >= 4 is 0 Å². The highest BCUT2D eigenvalue weighted by atomic mass is 14.0. The maximum atomic E-state index is 3.74. The second-order valence-corrected chi connectivity index (χ2v) is 2.36. The van der Waals surface area contributed by atoms with Crippen LogP contribution in [0, 0.1) is 0 Å². The van der Waals surface area contributed by atoms with Gasteiger partial charge in [-0.2, -0.15) is 0 Å². The molecule has 11 heavy (non-hydrogen) atoms. The van der Waals surface area contributed by atoms with Crippen LogP contribution in [0.2, 0.25) is 0 Å². The molecule has 0 aliphatic rings. The summed E-state index contributed by atoms with van der Waals surface area (Å²) in [5.74, 6) is 0. The monoisotopic (exact) mass is 148 g/mol. The Hall–Kier alpha value is -1.04. The Kier molecular flexibility index (Phi) is 5.18. The minimum Gasteiger partial charge on any atom is -0.0991 e. The van der Waals surface area contributed by atoms with Gasteiger partial charge in [0.05, 0.1) is 0 Å². The molecule has 0 aliphatic carbocycles. The Morgan fingerprint density at radius 3 is 2.36 bits per heavy atom. The van der Waals surface area contributed by atoms with Crippen LogP contribution in [0.1, 0.15) is 20.3 Å². The Labute approximate surface area is 69.6 Å². The molecule has 0 aliphatic heterocycles. The predicted molar refractivity (Wildman–Crippen MR) is 52.5 cm³/mol. The molecule has 0 aromatic rings. The van der Waals surface area contributed by atoms with Gasteiger partial charge in [0, 0.05) is 0 Å². The van der Waals surface area contributed by atoms with Gasteiger partial charge in [-0.05, 0) is 24.5 Å². The molecule has 0 saturated heterocycles. The average molecular weight is 148 g/mol. The van der Waals surface area contributed by atoms with Crippen molar-refractivity contribution in [3.8, 4) is 0 Å². The summed E-state index contributed by atoms with van der Waals surface area (Å²) in [5.41, 5.74) is 2.56. The number of hydrogen-bond acceptors (Lipinski definition) is 0. The molecule has 0 heterocycles. The highest BCUT2D eigenvalue weighted by Gasteiger charge is 1.89. The summed E-state index contributed by atoms with van der Waals surface area (Å²) in [6, 6.07) is 0. The normalized spacial score (nSPS) is 12.9. The standard InChI is InChI=1S/C11H16/c1-5-8-9-10(4)11(6-2)7-3/h5-6,8-9H,1-2,7H2,3-4H3/b9-8-,11-10+. The van der Waals surface area contributed by atoms with Gasteiger partial charge in [-0.25, -0.2) is 0 Å². The average Bonchev–Trinajstić information content (AvgIpc) is 2.03. The molecular weight excluding hydrogens is 132 g/mol. The molecule has 0 aromatic heterocycles. The van der Waals surface area contributed by atoms with E-state index in [1.54, 1.807) is 6.08 Å². The third-order valence-electron chi connectivity index (χ3n) is 1.62. The lowest BCUT2D eigenvalue weighted by molar-refractivity contribution is 1.12. The van der Waals surface area contributed by atoms with Crippen molar-refractivity contribution in [3.63, 3.8) is 0 Å². The molecule has 60 valence electrons. The summed E-state index contributed by atoms with van der Waals surface area (Å²) in [5, 5.41) is 0. The fraction of sp³-hybridized carbons (Fsp3) is 0.273. The minimum absolute atomic E-state index is 1.04. The van der Waals surface area contributed by atoms with E-state index in [0.29, 0.717) is 0 Å². The molecule has 0 spiro atoms. The van der Waals surface area contributed by atoms with Crippen LogP contribution in [0.25, 0.3) is 0 Å². The molecule has 0 rings (SSSR count). The molecule has 0 heteroatoms. The fourth-order valence-electron chi connectivity index (χ4n) is 0.904. The van der Waals surface area contributed by atoms with Crippen molar-refractivity contribution in [2.24, 2.45) is 0 Å². The molecule has 0 N–H and O–H groups in total. The SMILES string of the molecule is C=C/C=C\C(C)=C(/C=C)CC. The first kappa shape index (κ1) is 9.96. The van der Waals surface area contributed by atoms with Crippen molar-refractivity contribution in [3.05, 3.63) is 48.6 Å². The van der Waals surface area contributed by atoms with Gasteiger partial charge >= 0.3 is 0 Å². The summed E-state index contributed by atoms with van der Waals surface area (Å²) in [4.78, 5) is 0. The summed E-state index contributed by atoms with van der Waals surface area (Å²) >= 11 is 0. The minimum atomic E-state index is 1.04. The summed E-state index contributed by atoms with van der Waals surface area (Å²) < 4.78 is 0. The topological polar surface area (TPSA) is 0 Å². The zero-order chi connectivity index (χ0) is 8.69. The highest BCUT2D eigenvalue weighted by Crippen LogP contribution is 2.10. The molecule has 0 bridgehead atoms. The Morgan fingerprint density at radius 2 is 2.00 bits per heavy atom. The van der Waals surface area contributed by atoms with Crippen LogP contribution >= 0.6 is 0 Å². The molecule has 0 atom stereocenters. The lowest BCUT2D eigenvalue weighted by atomic mass is 10.1. The van der Waals surface area contributed by atoms with Gasteiger partial charge in [-0.15, -0.1) is 0 Å². The second kappa shape index (κ2) is 5.72. The van der Waals surface area contributed by atoms with E-state index in [4.69, 9.17) is 0 Å². The van der Waals surface area contributed by atoms with Crippen molar-refractivity contribution in [1.82, 2.24) is 0 Å². The van der Waals surface area contributed by atoms with E-state index in [0.717, 1.165) is 6.42 Å². The van der Waals surface area contributed by atoms with E-state index in [1.807, 2.05) is 18.2 Å². The largest absolute Gasteiger partial charge is 0.0991 e. The van der Waals surface area contributed by atoms with E-state index < -0.39 is 0 Å². The fourth-order valence-corrected chi connectivity index (χ4v) is 0.904. The van der Waals surface area contributed by atoms with Gasteiger partial charge in [0.1, 0.15) is 0 Å². The first-order valence-corrected chi connectivity index (χ1v) is 3.87. The van der Waals surface area contributed by atoms with Crippen molar-refractivity contribution in [2.45, 2.75) is 20.3 Å². The molecular formula is C11H16. The summed E-state index contributed by atoms with van der Waals surface area (Å²) in [6.07, 6.45) is 8.71. The van der Waals surface area contributed by atoms with E-state index in [1.165, 1.54) is 11.1 Å². The van der Waals surface area contributed by atoms with E-state index in [9.17, 15) is 0 Å². The lowest BCUT2D eigenvalue weighted by Crippen LogP contribution is -1.78. The number of hydrogen-bond donors (Lipinski definition) is 0. The first-order chi connectivity index (χ1) is 5.26. The third kappa shape index (κ3) is 3.61. The third-order valence-corrected chi connectivity index (χ3v) is 1.62. The smallest absolute Gasteiger partial charge is 0.0305 e. The van der Waals surface area contributed by atoms with Gasteiger partial charge in [-0.1, -0.05) is 44.4 Å². The maximum absolute atomic E-state index is 3.74. The van der Waals surface area contributed by atoms with E-state index in [-0.39, 0.29) is 0 Å². The number of rotatable bonds is 4. The van der Waals surface area contributed by atoms with Crippen LogP contribution < -0.4 is 0 Å². The Balaban J connectivity index is 4.46. The molecule has 0 aromatic carbocycles. The van der Waals surface area contributed by atoms with Crippen LogP contribution in [0.4, 0.5) is 0 Å². The van der Waals surface area contributed by atoms with Gasteiger partial charge in [-0.3, -0.25) is 0 Å².